The molecule has 3 rings (SSSR count). The van der Waals surface area contributed by atoms with Crippen molar-refractivity contribution in [3.05, 3.63) is 78.8 Å². The van der Waals surface area contributed by atoms with E-state index < -0.39 is 0 Å². The third-order valence-corrected chi connectivity index (χ3v) is 2.98. The van der Waals surface area contributed by atoms with E-state index in [1.54, 1.807) is 6.20 Å². The smallest absolute Gasteiger partial charge is 0.0892 e. The lowest BCUT2D eigenvalue weighted by Crippen LogP contribution is -1.92. The van der Waals surface area contributed by atoms with Gasteiger partial charge in [0, 0.05) is 11.1 Å². The number of benzene rings is 1. The minimum absolute atomic E-state index is 0.903. The normalized spacial score (nSPS) is 14.0. The molecule has 2 aromatic rings. The first kappa shape index (κ1) is 11.6. The summed E-state index contributed by atoms with van der Waals surface area (Å²) in [4.78, 5) is 9.00. The molecule has 1 heterocycles. The highest BCUT2D eigenvalue weighted by Crippen LogP contribution is 2.20. The first-order chi connectivity index (χ1) is 9.43. The summed E-state index contributed by atoms with van der Waals surface area (Å²) in [5.41, 5.74) is 3.99. The van der Waals surface area contributed by atoms with Crippen LogP contribution in [-0.4, -0.2) is 9.97 Å². The molecule has 1 aromatic heterocycles. The average Bonchev–Trinajstić information content (AvgIpc) is 2.77. The maximum atomic E-state index is 4.69. The molecule has 2 heteroatoms. The van der Waals surface area contributed by atoms with E-state index in [1.807, 2.05) is 36.5 Å². The zero-order valence-electron chi connectivity index (χ0n) is 10.5. The Hall–Kier alpha value is -2.48. The van der Waals surface area contributed by atoms with Gasteiger partial charge in [0.05, 0.1) is 23.8 Å². The molecule has 1 aromatic carbocycles. The van der Waals surface area contributed by atoms with Crippen molar-refractivity contribution in [2.45, 2.75) is 6.42 Å². The van der Waals surface area contributed by atoms with Crippen molar-refractivity contribution >= 4 is 5.57 Å². The number of allylic oxidation sites excluding steroid dienone is 6. The Bertz CT molecular complexity index is 652. The van der Waals surface area contributed by atoms with Crippen LogP contribution >= 0.6 is 0 Å². The molecule has 19 heavy (non-hydrogen) atoms. The lowest BCUT2D eigenvalue weighted by atomic mass is 10.1. The second-order valence-electron chi connectivity index (χ2n) is 4.34. The molecule has 0 amide bonds. The SMILES string of the molecule is C1=CCC=CC(c2cncc(-c3ccccc3)n2)=C1. The van der Waals surface area contributed by atoms with E-state index >= 15 is 0 Å². The minimum atomic E-state index is 0.903. The fourth-order valence-corrected chi connectivity index (χ4v) is 2.00. The average molecular weight is 246 g/mol. The largest absolute Gasteiger partial charge is 0.260 e. The maximum absolute atomic E-state index is 4.69. The fourth-order valence-electron chi connectivity index (χ4n) is 2.00. The van der Waals surface area contributed by atoms with Crippen LogP contribution in [0.4, 0.5) is 0 Å². The van der Waals surface area contributed by atoms with E-state index in [-0.39, 0.29) is 0 Å². The molecule has 0 fully saturated rings. The van der Waals surface area contributed by atoms with E-state index in [2.05, 4.69) is 35.4 Å². The minimum Gasteiger partial charge on any atom is -0.260 e. The van der Waals surface area contributed by atoms with Gasteiger partial charge in [-0.3, -0.25) is 4.98 Å². The summed E-state index contributed by atoms with van der Waals surface area (Å²) in [7, 11) is 0. The Balaban J connectivity index is 2.01. The molecule has 0 N–H and O–H groups in total. The van der Waals surface area contributed by atoms with Crippen molar-refractivity contribution in [1.29, 1.82) is 0 Å². The van der Waals surface area contributed by atoms with Crippen molar-refractivity contribution in [2.75, 3.05) is 0 Å². The fraction of sp³-hybridized carbons (Fsp3) is 0.0588. The van der Waals surface area contributed by atoms with E-state index in [0.717, 1.165) is 28.9 Å². The highest BCUT2D eigenvalue weighted by atomic mass is 14.8. The van der Waals surface area contributed by atoms with Gasteiger partial charge in [-0.25, -0.2) is 4.98 Å². The maximum Gasteiger partial charge on any atom is 0.0892 e. The van der Waals surface area contributed by atoms with E-state index in [1.165, 1.54) is 0 Å². The first-order valence-corrected chi connectivity index (χ1v) is 6.35. The van der Waals surface area contributed by atoms with E-state index in [4.69, 9.17) is 4.98 Å². The molecule has 92 valence electrons. The second-order valence-corrected chi connectivity index (χ2v) is 4.34. The molecular weight excluding hydrogens is 232 g/mol. The van der Waals surface area contributed by atoms with Crippen molar-refractivity contribution in [3.8, 4) is 11.3 Å². The molecule has 0 spiro atoms. The topological polar surface area (TPSA) is 25.8 Å². The van der Waals surface area contributed by atoms with Crippen LogP contribution < -0.4 is 0 Å². The lowest BCUT2D eigenvalue weighted by Gasteiger charge is -2.04. The Morgan fingerprint density at radius 3 is 2.63 bits per heavy atom. The molecule has 2 nitrogen and oxygen atoms in total. The number of nitrogens with zero attached hydrogens (tertiary/aromatic N) is 2. The molecule has 0 saturated carbocycles. The van der Waals surface area contributed by atoms with Crippen LogP contribution in [0.15, 0.2) is 73.1 Å². The standard InChI is InChI=1S/C17H14N2/c1-2-5-9-14(8-4-1)16-12-18-13-17(19-16)15-10-6-3-7-11-15/h1,3-13H,2H2. The third-order valence-electron chi connectivity index (χ3n) is 2.98. The molecule has 1 aliphatic rings. The third kappa shape index (κ3) is 2.68. The molecule has 0 unspecified atom stereocenters. The summed E-state index contributed by atoms with van der Waals surface area (Å²) >= 11 is 0. The summed E-state index contributed by atoms with van der Waals surface area (Å²) in [6.07, 6.45) is 15.1. The van der Waals surface area contributed by atoms with Crippen LogP contribution in [0.2, 0.25) is 0 Å². The van der Waals surface area contributed by atoms with Crippen molar-refractivity contribution in [1.82, 2.24) is 9.97 Å². The Morgan fingerprint density at radius 1 is 0.895 bits per heavy atom. The molecule has 0 atom stereocenters. The van der Waals surface area contributed by atoms with Crippen molar-refractivity contribution < 1.29 is 0 Å². The molecule has 0 bridgehead atoms. The van der Waals surface area contributed by atoms with Crippen molar-refractivity contribution in [3.63, 3.8) is 0 Å². The number of rotatable bonds is 2. The van der Waals surface area contributed by atoms with Gasteiger partial charge in [-0.2, -0.15) is 0 Å². The van der Waals surface area contributed by atoms with Gasteiger partial charge in [-0.15, -0.1) is 0 Å². The van der Waals surface area contributed by atoms with E-state index in [9.17, 15) is 0 Å². The quantitative estimate of drug-likeness (QED) is 0.799. The number of hydrogen-bond acceptors (Lipinski definition) is 2. The highest BCUT2D eigenvalue weighted by Gasteiger charge is 2.04. The molecule has 1 aliphatic carbocycles. The second kappa shape index (κ2) is 5.44. The summed E-state index contributed by atoms with van der Waals surface area (Å²) < 4.78 is 0. The van der Waals surface area contributed by atoms with Crippen LogP contribution in [-0.2, 0) is 0 Å². The van der Waals surface area contributed by atoms with Crippen LogP contribution in [0.25, 0.3) is 16.8 Å². The van der Waals surface area contributed by atoms with Crippen LogP contribution in [0.3, 0.4) is 0 Å². The summed E-state index contributed by atoms with van der Waals surface area (Å²) in [6.45, 7) is 0. The van der Waals surface area contributed by atoms with Crippen LogP contribution in [0.1, 0.15) is 12.1 Å². The monoisotopic (exact) mass is 246 g/mol. The highest BCUT2D eigenvalue weighted by molar-refractivity contribution is 5.74. The van der Waals surface area contributed by atoms with Crippen LogP contribution in [0, 0.1) is 0 Å². The number of hydrogen-bond donors (Lipinski definition) is 0. The first-order valence-electron chi connectivity index (χ1n) is 6.35. The Kier molecular flexibility index (Phi) is 3.32. The van der Waals surface area contributed by atoms with Gasteiger partial charge in [0.25, 0.3) is 0 Å². The molecular formula is C17H14N2. The van der Waals surface area contributed by atoms with Gasteiger partial charge < -0.3 is 0 Å². The van der Waals surface area contributed by atoms with Gasteiger partial charge in [-0.05, 0) is 6.42 Å². The van der Waals surface area contributed by atoms with Gasteiger partial charge >= 0.3 is 0 Å². The Labute approximate surface area is 112 Å². The van der Waals surface area contributed by atoms with Crippen molar-refractivity contribution in [2.24, 2.45) is 0 Å². The summed E-state index contributed by atoms with van der Waals surface area (Å²) in [5, 5.41) is 0. The predicted octanol–water partition coefficient (Wildman–Crippen LogP) is 4.04. The van der Waals surface area contributed by atoms with Gasteiger partial charge in [0.2, 0.25) is 0 Å². The van der Waals surface area contributed by atoms with E-state index in [0.29, 0.717) is 0 Å². The van der Waals surface area contributed by atoms with Gasteiger partial charge in [0.15, 0.2) is 0 Å². The Morgan fingerprint density at radius 2 is 1.74 bits per heavy atom. The van der Waals surface area contributed by atoms with Gasteiger partial charge in [0.1, 0.15) is 0 Å². The predicted molar refractivity (Wildman–Crippen MR) is 78.3 cm³/mol. The molecule has 0 aliphatic heterocycles. The zero-order valence-corrected chi connectivity index (χ0v) is 10.5. The molecule has 0 saturated heterocycles. The lowest BCUT2D eigenvalue weighted by molar-refractivity contribution is 1.17. The summed E-state index contributed by atoms with van der Waals surface area (Å²) in [5.74, 6) is 0. The summed E-state index contributed by atoms with van der Waals surface area (Å²) in [6, 6.07) is 10.1. The number of aromatic nitrogens is 2. The molecule has 0 radical (unpaired) electrons. The van der Waals surface area contributed by atoms with Gasteiger partial charge in [-0.1, -0.05) is 60.7 Å². The zero-order chi connectivity index (χ0) is 12.9. The van der Waals surface area contributed by atoms with Crippen LogP contribution in [0.5, 0.6) is 0 Å².